The molecule has 2 atom stereocenters. The molecule has 1 saturated carbocycles. The minimum absolute atomic E-state index is 0.307. The van der Waals surface area contributed by atoms with Crippen molar-refractivity contribution in [2.24, 2.45) is 0 Å². The molecule has 0 aliphatic heterocycles. The van der Waals surface area contributed by atoms with Crippen LogP contribution in [0, 0.1) is 0 Å². The molecular formula is C13H15Cl3. The van der Waals surface area contributed by atoms with Crippen LogP contribution in [-0.4, -0.2) is 5.38 Å². The molecule has 0 saturated heterocycles. The summed E-state index contributed by atoms with van der Waals surface area (Å²) in [4.78, 5) is 0. The van der Waals surface area contributed by atoms with Crippen LogP contribution in [0.1, 0.15) is 43.6 Å². The lowest BCUT2D eigenvalue weighted by atomic mass is 9.92. The van der Waals surface area contributed by atoms with Crippen LogP contribution in [0.5, 0.6) is 0 Å². The zero-order chi connectivity index (χ0) is 11.5. The van der Waals surface area contributed by atoms with E-state index in [1.54, 1.807) is 0 Å². The highest BCUT2D eigenvalue weighted by atomic mass is 35.5. The number of rotatable bonds is 1. The van der Waals surface area contributed by atoms with Crippen LogP contribution in [0.4, 0.5) is 0 Å². The molecule has 1 aromatic carbocycles. The van der Waals surface area contributed by atoms with Crippen LogP contribution in [0.15, 0.2) is 18.2 Å². The van der Waals surface area contributed by atoms with E-state index in [2.05, 4.69) is 6.07 Å². The van der Waals surface area contributed by atoms with Crippen LogP contribution >= 0.6 is 34.8 Å². The predicted molar refractivity (Wildman–Crippen MR) is 71.9 cm³/mol. The van der Waals surface area contributed by atoms with Crippen LogP contribution in [0.2, 0.25) is 10.0 Å². The molecule has 3 heteroatoms. The van der Waals surface area contributed by atoms with Gasteiger partial charge in [-0.05, 0) is 42.9 Å². The van der Waals surface area contributed by atoms with Gasteiger partial charge in [-0.15, -0.1) is 11.6 Å². The molecule has 0 radical (unpaired) electrons. The van der Waals surface area contributed by atoms with E-state index in [1.165, 1.54) is 24.8 Å². The predicted octanol–water partition coefficient (Wildman–Crippen LogP) is 5.65. The van der Waals surface area contributed by atoms with Gasteiger partial charge in [0.2, 0.25) is 0 Å². The number of benzene rings is 1. The molecule has 2 rings (SSSR count). The van der Waals surface area contributed by atoms with E-state index in [-0.39, 0.29) is 0 Å². The van der Waals surface area contributed by atoms with Crippen molar-refractivity contribution in [2.75, 3.05) is 0 Å². The van der Waals surface area contributed by atoms with Gasteiger partial charge in [0.05, 0.1) is 10.0 Å². The van der Waals surface area contributed by atoms with Gasteiger partial charge >= 0.3 is 0 Å². The third-order valence-electron chi connectivity index (χ3n) is 3.28. The largest absolute Gasteiger partial charge is 0.123 e. The van der Waals surface area contributed by atoms with Gasteiger partial charge in [-0.1, -0.05) is 42.1 Å². The molecule has 0 amide bonds. The van der Waals surface area contributed by atoms with Gasteiger partial charge < -0.3 is 0 Å². The third kappa shape index (κ3) is 3.06. The summed E-state index contributed by atoms with van der Waals surface area (Å²) < 4.78 is 0. The Bertz CT molecular complexity index is 362. The van der Waals surface area contributed by atoms with Crippen LogP contribution in [0.3, 0.4) is 0 Å². The van der Waals surface area contributed by atoms with E-state index in [0.29, 0.717) is 21.3 Å². The summed E-state index contributed by atoms with van der Waals surface area (Å²) in [5.41, 5.74) is 1.28. The highest BCUT2D eigenvalue weighted by molar-refractivity contribution is 6.42. The van der Waals surface area contributed by atoms with Gasteiger partial charge in [0.1, 0.15) is 0 Å². The molecule has 0 heterocycles. The highest BCUT2D eigenvalue weighted by Gasteiger charge is 2.20. The monoisotopic (exact) mass is 276 g/mol. The first-order chi connectivity index (χ1) is 7.66. The molecule has 88 valence electrons. The first kappa shape index (κ1) is 12.5. The molecule has 1 aliphatic carbocycles. The molecule has 0 bridgehead atoms. The SMILES string of the molecule is Clc1ccc(C2CCCCC(Cl)C2)cc1Cl. The second-order valence-corrected chi connectivity index (χ2v) is 5.92. The Kier molecular flexibility index (Phi) is 4.41. The molecule has 1 aromatic rings. The zero-order valence-electron chi connectivity index (χ0n) is 9.06. The van der Waals surface area contributed by atoms with Gasteiger partial charge in [-0.25, -0.2) is 0 Å². The quantitative estimate of drug-likeness (QED) is 0.460. The second kappa shape index (κ2) is 5.62. The minimum Gasteiger partial charge on any atom is -0.123 e. The molecule has 0 nitrogen and oxygen atoms in total. The van der Waals surface area contributed by atoms with Gasteiger partial charge in [0.15, 0.2) is 0 Å². The van der Waals surface area contributed by atoms with Gasteiger partial charge in [-0.2, -0.15) is 0 Å². The summed E-state index contributed by atoms with van der Waals surface area (Å²) in [7, 11) is 0. The van der Waals surface area contributed by atoms with E-state index < -0.39 is 0 Å². The molecule has 0 aromatic heterocycles. The van der Waals surface area contributed by atoms with Crippen molar-refractivity contribution >= 4 is 34.8 Å². The Labute approximate surface area is 112 Å². The van der Waals surface area contributed by atoms with Gasteiger partial charge in [-0.3, -0.25) is 0 Å². The van der Waals surface area contributed by atoms with Crippen molar-refractivity contribution in [3.05, 3.63) is 33.8 Å². The maximum Gasteiger partial charge on any atom is 0.0595 e. The Morgan fingerprint density at radius 2 is 1.75 bits per heavy atom. The molecular weight excluding hydrogens is 263 g/mol. The fourth-order valence-electron chi connectivity index (χ4n) is 2.37. The second-order valence-electron chi connectivity index (χ2n) is 4.49. The minimum atomic E-state index is 0.307. The average molecular weight is 278 g/mol. The van der Waals surface area contributed by atoms with Gasteiger partial charge in [0.25, 0.3) is 0 Å². The Balaban J connectivity index is 2.18. The molecule has 2 unspecified atom stereocenters. The Morgan fingerprint density at radius 1 is 1.00 bits per heavy atom. The van der Waals surface area contributed by atoms with Crippen LogP contribution < -0.4 is 0 Å². The summed E-state index contributed by atoms with van der Waals surface area (Å²) in [6.07, 6.45) is 5.90. The molecule has 1 fully saturated rings. The third-order valence-corrected chi connectivity index (χ3v) is 4.41. The lowest BCUT2D eigenvalue weighted by Crippen LogP contribution is -2.04. The smallest absolute Gasteiger partial charge is 0.0595 e. The van der Waals surface area contributed by atoms with E-state index in [9.17, 15) is 0 Å². The number of alkyl halides is 1. The summed E-state index contributed by atoms with van der Waals surface area (Å²) in [6.45, 7) is 0. The van der Waals surface area contributed by atoms with Gasteiger partial charge in [0, 0.05) is 5.38 Å². The maximum atomic E-state index is 6.28. The zero-order valence-corrected chi connectivity index (χ0v) is 11.3. The van der Waals surface area contributed by atoms with Crippen molar-refractivity contribution < 1.29 is 0 Å². The fourth-order valence-corrected chi connectivity index (χ4v) is 3.05. The topological polar surface area (TPSA) is 0 Å². The average Bonchev–Trinajstić information content (AvgIpc) is 2.47. The first-order valence-corrected chi connectivity index (χ1v) is 6.95. The van der Waals surface area contributed by atoms with Crippen molar-refractivity contribution in [1.29, 1.82) is 0 Å². The van der Waals surface area contributed by atoms with Crippen LogP contribution in [0.25, 0.3) is 0 Å². The van der Waals surface area contributed by atoms with Crippen molar-refractivity contribution in [1.82, 2.24) is 0 Å². The lowest BCUT2D eigenvalue weighted by molar-refractivity contribution is 0.595. The lowest BCUT2D eigenvalue weighted by Gasteiger charge is -2.17. The summed E-state index contributed by atoms with van der Waals surface area (Å²) in [5.74, 6) is 0.541. The van der Waals surface area contributed by atoms with Crippen molar-refractivity contribution in [3.63, 3.8) is 0 Å². The Hall–Kier alpha value is 0.0900. The highest BCUT2D eigenvalue weighted by Crippen LogP contribution is 2.36. The first-order valence-electron chi connectivity index (χ1n) is 5.76. The summed E-state index contributed by atoms with van der Waals surface area (Å²) in [6, 6.07) is 5.95. The standard InChI is InChI=1S/C13H15Cl3/c14-11-4-2-1-3-9(7-11)10-5-6-12(15)13(16)8-10/h5-6,8-9,11H,1-4,7H2. The summed E-state index contributed by atoms with van der Waals surface area (Å²) in [5, 5.41) is 1.58. The molecule has 0 N–H and O–H groups in total. The summed E-state index contributed by atoms with van der Waals surface area (Å²) >= 11 is 18.2. The number of hydrogen-bond donors (Lipinski definition) is 0. The van der Waals surface area contributed by atoms with Crippen LogP contribution in [-0.2, 0) is 0 Å². The molecule has 0 spiro atoms. The molecule has 1 aliphatic rings. The van der Waals surface area contributed by atoms with Crippen molar-refractivity contribution in [3.8, 4) is 0 Å². The Morgan fingerprint density at radius 3 is 2.50 bits per heavy atom. The van der Waals surface area contributed by atoms with E-state index in [4.69, 9.17) is 34.8 Å². The normalized spacial score (nSPS) is 26.4. The number of halogens is 3. The molecule has 16 heavy (non-hydrogen) atoms. The maximum absolute atomic E-state index is 6.28. The van der Waals surface area contributed by atoms with E-state index in [1.807, 2.05) is 12.1 Å². The van der Waals surface area contributed by atoms with Crippen molar-refractivity contribution in [2.45, 2.75) is 43.4 Å². The fraction of sp³-hybridized carbons (Fsp3) is 0.538. The van der Waals surface area contributed by atoms with E-state index in [0.717, 1.165) is 12.8 Å². The van der Waals surface area contributed by atoms with E-state index >= 15 is 0 Å². The number of hydrogen-bond acceptors (Lipinski definition) is 0.